The lowest BCUT2D eigenvalue weighted by molar-refractivity contribution is -0.301. The summed E-state index contributed by atoms with van der Waals surface area (Å²) < 4.78 is 25.8. The molecule has 0 saturated carbocycles. The number of hydrogen-bond donors (Lipinski definition) is 1. The Hall–Kier alpha value is -1.12. The number of anilines is 1. The van der Waals surface area contributed by atoms with Crippen molar-refractivity contribution >= 4 is 15.8 Å². The predicted molar refractivity (Wildman–Crippen MR) is 58.1 cm³/mol. The first kappa shape index (κ1) is 12.9. The van der Waals surface area contributed by atoms with E-state index in [0.29, 0.717) is 18.1 Å². The Labute approximate surface area is 94.3 Å². The van der Waals surface area contributed by atoms with Crippen LogP contribution < -0.4 is 4.72 Å². The standard InChI is InChI=1S/C8H15N3O4S/c1-4-14-15-6-7-5-8(11(2)9-7)10-16(3,12)13/h5,10H,4,6H2,1-3H3. The van der Waals surface area contributed by atoms with Crippen LogP contribution in [0.4, 0.5) is 5.82 Å². The highest BCUT2D eigenvalue weighted by Gasteiger charge is 2.09. The fourth-order valence-corrected chi connectivity index (χ4v) is 1.64. The highest BCUT2D eigenvalue weighted by molar-refractivity contribution is 7.92. The van der Waals surface area contributed by atoms with Crippen molar-refractivity contribution in [2.75, 3.05) is 17.6 Å². The number of sulfonamides is 1. The van der Waals surface area contributed by atoms with Crippen molar-refractivity contribution in [3.05, 3.63) is 11.8 Å². The monoisotopic (exact) mass is 249 g/mol. The van der Waals surface area contributed by atoms with Crippen molar-refractivity contribution in [2.45, 2.75) is 13.5 Å². The van der Waals surface area contributed by atoms with Crippen LogP contribution in [0.2, 0.25) is 0 Å². The van der Waals surface area contributed by atoms with Crippen molar-refractivity contribution in [3.8, 4) is 0 Å². The Kier molecular flexibility index (Phi) is 4.27. The minimum absolute atomic E-state index is 0.174. The lowest BCUT2D eigenvalue weighted by Gasteiger charge is -2.01. The molecule has 0 aliphatic heterocycles. The zero-order chi connectivity index (χ0) is 12.2. The Balaban J connectivity index is 2.66. The molecule has 0 atom stereocenters. The fraction of sp³-hybridized carbons (Fsp3) is 0.625. The largest absolute Gasteiger partial charge is 0.268 e. The Morgan fingerprint density at radius 1 is 1.50 bits per heavy atom. The molecule has 0 aliphatic rings. The van der Waals surface area contributed by atoms with Gasteiger partial charge in [-0.25, -0.2) is 18.2 Å². The Bertz CT molecular complexity index is 440. The van der Waals surface area contributed by atoms with Crippen LogP contribution >= 0.6 is 0 Å². The van der Waals surface area contributed by atoms with Crippen molar-refractivity contribution in [1.82, 2.24) is 9.78 Å². The van der Waals surface area contributed by atoms with E-state index in [-0.39, 0.29) is 6.61 Å². The molecule has 0 fully saturated rings. The van der Waals surface area contributed by atoms with Gasteiger partial charge in [0, 0.05) is 13.1 Å². The van der Waals surface area contributed by atoms with E-state index < -0.39 is 10.0 Å². The summed E-state index contributed by atoms with van der Waals surface area (Å²) in [4.78, 5) is 9.51. The first-order chi connectivity index (χ1) is 7.42. The van der Waals surface area contributed by atoms with E-state index >= 15 is 0 Å². The minimum Gasteiger partial charge on any atom is -0.268 e. The summed E-state index contributed by atoms with van der Waals surface area (Å²) in [6, 6.07) is 1.58. The van der Waals surface area contributed by atoms with E-state index in [2.05, 4.69) is 9.82 Å². The molecule has 16 heavy (non-hydrogen) atoms. The number of aryl methyl sites for hydroxylation is 1. The van der Waals surface area contributed by atoms with Gasteiger partial charge in [-0.3, -0.25) is 9.40 Å². The molecular weight excluding hydrogens is 234 g/mol. The van der Waals surface area contributed by atoms with Crippen molar-refractivity contribution < 1.29 is 18.2 Å². The van der Waals surface area contributed by atoms with Gasteiger partial charge in [0.05, 0.1) is 18.6 Å². The first-order valence-electron chi connectivity index (χ1n) is 4.67. The molecule has 0 unspecified atom stereocenters. The van der Waals surface area contributed by atoms with Crippen LogP contribution in [-0.2, 0) is 33.5 Å². The van der Waals surface area contributed by atoms with Crippen LogP contribution in [0, 0.1) is 0 Å². The van der Waals surface area contributed by atoms with Crippen LogP contribution in [0.25, 0.3) is 0 Å². The summed E-state index contributed by atoms with van der Waals surface area (Å²) in [5.41, 5.74) is 0.585. The Morgan fingerprint density at radius 2 is 2.19 bits per heavy atom. The molecule has 0 spiro atoms. The molecule has 1 N–H and O–H groups in total. The molecule has 1 heterocycles. The number of hydrogen-bond acceptors (Lipinski definition) is 5. The molecule has 1 rings (SSSR count). The third-order valence-corrected chi connectivity index (χ3v) is 2.21. The van der Waals surface area contributed by atoms with Crippen molar-refractivity contribution in [1.29, 1.82) is 0 Å². The lowest BCUT2D eigenvalue weighted by Crippen LogP contribution is -2.12. The SMILES string of the molecule is CCOOCc1cc(NS(C)(=O)=O)n(C)n1. The molecular formula is C8H15N3O4S. The van der Waals surface area contributed by atoms with Gasteiger partial charge in [-0.05, 0) is 6.92 Å². The van der Waals surface area contributed by atoms with E-state index in [9.17, 15) is 8.42 Å². The second-order valence-corrected chi connectivity index (χ2v) is 4.94. The maximum atomic E-state index is 11.0. The number of nitrogens with zero attached hydrogens (tertiary/aromatic N) is 2. The average Bonchev–Trinajstić information content (AvgIpc) is 2.45. The topological polar surface area (TPSA) is 82.5 Å². The van der Waals surface area contributed by atoms with Crippen LogP contribution in [-0.4, -0.2) is 31.1 Å². The molecule has 1 aromatic rings. The fourth-order valence-electron chi connectivity index (χ4n) is 1.07. The van der Waals surface area contributed by atoms with Gasteiger partial charge in [-0.15, -0.1) is 0 Å². The van der Waals surface area contributed by atoms with Crippen LogP contribution in [0.3, 0.4) is 0 Å². The minimum atomic E-state index is -3.29. The molecule has 0 bridgehead atoms. The quantitative estimate of drug-likeness (QED) is 0.444. The van der Waals surface area contributed by atoms with E-state index in [1.807, 2.05) is 0 Å². The van der Waals surface area contributed by atoms with Gasteiger partial charge in [0.15, 0.2) is 0 Å². The molecule has 0 aliphatic carbocycles. The highest BCUT2D eigenvalue weighted by Crippen LogP contribution is 2.11. The summed E-state index contributed by atoms with van der Waals surface area (Å²) >= 11 is 0. The van der Waals surface area contributed by atoms with E-state index in [0.717, 1.165) is 6.26 Å². The van der Waals surface area contributed by atoms with Crippen LogP contribution in [0.5, 0.6) is 0 Å². The Morgan fingerprint density at radius 3 is 2.75 bits per heavy atom. The summed E-state index contributed by atoms with van der Waals surface area (Å²) in [6.07, 6.45) is 1.08. The third kappa shape index (κ3) is 4.17. The summed E-state index contributed by atoms with van der Waals surface area (Å²) in [7, 11) is -1.66. The normalized spacial score (nSPS) is 11.7. The molecule has 7 nitrogen and oxygen atoms in total. The molecule has 8 heteroatoms. The van der Waals surface area contributed by atoms with Gasteiger partial charge in [-0.2, -0.15) is 5.10 Å². The van der Waals surface area contributed by atoms with E-state index in [4.69, 9.17) is 9.78 Å². The second kappa shape index (κ2) is 5.28. The predicted octanol–water partition coefficient (Wildman–Crippen LogP) is 0.260. The molecule has 0 aromatic carbocycles. The lowest BCUT2D eigenvalue weighted by atomic mass is 10.4. The molecule has 0 amide bonds. The summed E-state index contributed by atoms with van der Waals surface area (Å²) in [5.74, 6) is 0.387. The number of rotatable bonds is 6. The zero-order valence-corrected chi connectivity index (χ0v) is 10.2. The van der Waals surface area contributed by atoms with Crippen LogP contribution in [0.1, 0.15) is 12.6 Å². The van der Waals surface area contributed by atoms with Gasteiger partial charge in [0.1, 0.15) is 12.4 Å². The molecule has 92 valence electrons. The second-order valence-electron chi connectivity index (χ2n) is 3.19. The number of aromatic nitrogens is 2. The van der Waals surface area contributed by atoms with Gasteiger partial charge < -0.3 is 0 Å². The average molecular weight is 249 g/mol. The molecule has 0 radical (unpaired) electrons. The molecule has 0 saturated heterocycles. The van der Waals surface area contributed by atoms with Gasteiger partial charge in [0.2, 0.25) is 10.0 Å². The van der Waals surface area contributed by atoms with Crippen molar-refractivity contribution in [2.24, 2.45) is 7.05 Å². The molecule has 1 aromatic heterocycles. The third-order valence-electron chi connectivity index (χ3n) is 1.63. The summed E-state index contributed by atoms with van der Waals surface area (Å²) in [5, 5.41) is 4.05. The van der Waals surface area contributed by atoms with E-state index in [1.165, 1.54) is 4.68 Å². The van der Waals surface area contributed by atoms with Crippen LogP contribution in [0.15, 0.2) is 6.07 Å². The maximum absolute atomic E-state index is 11.0. The first-order valence-corrected chi connectivity index (χ1v) is 6.56. The summed E-state index contributed by atoms with van der Waals surface area (Å²) in [6.45, 7) is 2.42. The van der Waals surface area contributed by atoms with Gasteiger partial charge >= 0.3 is 0 Å². The number of nitrogens with one attached hydrogen (secondary N) is 1. The van der Waals surface area contributed by atoms with Gasteiger partial charge in [-0.1, -0.05) is 0 Å². The maximum Gasteiger partial charge on any atom is 0.230 e. The van der Waals surface area contributed by atoms with Crippen molar-refractivity contribution in [3.63, 3.8) is 0 Å². The smallest absolute Gasteiger partial charge is 0.230 e. The van der Waals surface area contributed by atoms with E-state index in [1.54, 1.807) is 20.0 Å². The highest BCUT2D eigenvalue weighted by atomic mass is 32.2. The van der Waals surface area contributed by atoms with Gasteiger partial charge in [0.25, 0.3) is 0 Å². The zero-order valence-electron chi connectivity index (χ0n) is 9.43.